The van der Waals surface area contributed by atoms with Gasteiger partial charge in [-0.25, -0.2) is 9.78 Å². The molecule has 0 aliphatic rings. The van der Waals surface area contributed by atoms with E-state index in [2.05, 4.69) is 15.6 Å². The van der Waals surface area contributed by atoms with Gasteiger partial charge in [-0.3, -0.25) is 4.79 Å². The molecule has 0 aliphatic carbocycles. The quantitative estimate of drug-likeness (QED) is 0.673. The molecular formula is C19H23N3O4. The van der Waals surface area contributed by atoms with Crippen molar-refractivity contribution in [2.75, 3.05) is 18.5 Å². The van der Waals surface area contributed by atoms with Crippen LogP contribution >= 0.6 is 0 Å². The maximum Gasteiger partial charge on any atom is 0.407 e. The van der Waals surface area contributed by atoms with Gasteiger partial charge in [-0.05, 0) is 31.0 Å². The van der Waals surface area contributed by atoms with Crippen molar-refractivity contribution in [1.82, 2.24) is 10.3 Å². The predicted molar refractivity (Wildman–Crippen MR) is 97.9 cm³/mol. The van der Waals surface area contributed by atoms with Crippen molar-refractivity contribution < 1.29 is 19.1 Å². The number of aromatic nitrogens is 1. The van der Waals surface area contributed by atoms with Gasteiger partial charge in [-0.1, -0.05) is 30.3 Å². The zero-order valence-electron chi connectivity index (χ0n) is 14.7. The zero-order chi connectivity index (χ0) is 18.6. The molecule has 1 aromatic carbocycles. The molecule has 0 spiro atoms. The normalized spacial score (nSPS) is 10.0. The molecule has 0 radical (unpaired) electrons. The highest BCUT2D eigenvalue weighted by atomic mass is 16.5. The molecule has 2 aromatic rings. The number of pyridine rings is 1. The summed E-state index contributed by atoms with van der Waals surface area (Å²) in [5.41, 5.74) is 1.46. The number of carbonyl (C=O) groups is 2. The summed E-state index contributed by atoms with van der Waals surface area (Å²) in [6.07, 6.45) is 1.86. The van der Waals surface area contributed by atoms with Crippen LogP contribution in [0.1, 0.15) is 25.3 Å². The summed E-state index contributed by atoms with van der Waals surface area (Å²) in [7, 11) is 0. The van der Waals surface area contributed by atoms with Crippen molar-refractivity contribution >= 4 is 17.7 Å². The fraction of sp³-hybridized carbons (Fsp3) is 0.316. The van der Waals surface area contributed by atoms with Crippen LogP contribution in [-0.4, -0.2) is 30.1 Å². The molecule has 138 valence electrons. The van der Waals surface area contributed by atoms with Crippen molar-refractivity contribution in [2.45, 2.75) is 26.4 Å². The average Bonchev–Trinajstić information content (AvgIpc) is 2.66. The minimum absolute atomic E-state index is 0.168. The molecule has 7 nitrogen and oxygen atoms in total. The van der Waals surface area contributed by atoms with Gasteiger partial charge >= 0.3 is 6.09 Å². The molecule has 0 atom stereocenters. The maximum atomic E-state index is 12.0. The molecule has 7 heteroatoms. The summed E-state index contributed by atoms with van der Waals surface area (Å²) in [4.78, 5) is 27.7. The average molecular weight is 357 g/mol. The van der Waals surface area contributed by atoms with Crippen molar-refractivity contribution in [2.24, 2.45) is 0 Å². The lowest BCUT2D eigenvalue weighted by Crippen LogP contribution is -2.26. The van der Waals surface area contributed by atoms with Gasteiger partial charge in [-0.2, -0.15) is 0 Å². The fourth-order valence-corrected chi connectivity index (χ4v) is 2.16. The number of hydrogen-bond acceptors (Lipinski definition) is 5. The van der Waals surface area contributed by atoms with Crippen LogP contribution in [-0.2, 0) is 16.1 Å². The van der Waals surface area contributed by atoms with Crippen LogP contribution in [0.4, 0.5) is 10.5 Å². The van der Waals surface area contributed by atoms with Crippen molar-refractivity contribution in [3.05, 3.63) is 54.2 Å². The molecular weight excluding hydrogens is 334 g/mol. The van der Waals surface area contributed by atoms with E-state index in [0.29, 0.717) is 31.1 Å². The van der Waals surface area contributed by atoms with Gasteiger partial charge in [0.25, 0.3) is 0 Å². The van der Waals surface area contributed by atoms with Crippen LogP contribution in [0.3, 0.4) is 0 Å². The van der Waals surface area contributed by atoms with E-state index in [0.717, 1.165) is 5.56 Å². The fourth-order valence-electron chi connectivity index (χ4n) is 2.16. The van der Waals surface area contributed by atoms with E-state index < -0.39 is 6.09 Å². The van der Waals surface area contributed by atoms with E-state index in [-0.39, 0.29) is 18.9 Å². The predicted octanol–water partition coefficient (Wildman–Crippen LogP) is 3.13. The number of hydrogen-bond donors (Lipinski definition) is 2. The molecule has 2 amide bonds. The van der Waals surface area contributed by atoms with Crippen LogP contribution in [0.15, 0.2) is 48.7 Å². The monoisotopic (exact) mass is 357 g/mol. The van der Waals surface area contributed by atoms with Gasteiger partial charge in [-0.15, -0.1) is 0 Å². The Balaban J connectivity index is 1.63. The lowest BCUT2D eigenvalue weighted by molar-refractivity contribution is -0.116. The highest BCUT2D eigenvalue weighted by Crippen LogP contribution is 2.20. The van der Waals surface area contributed by atoms with Gasteiger partial charge in [0.15, 0.2) is 0 Å². The Morgan fingerprint density at radius 3 is 2.69 bits per heavy atom. The summed E-state index contributed by atoms with van der Waals surface area (Å²) < 4.78 is 10.5. The number of nitrogens with one attached hydrogen (secondary N) is 2. The Hall–Kier alpha value is -3.09. The second kappa shape index (κ2) is 10.7. The number of rotatable bonds is 9. The third-order valence-electron chi connectivity index (χ3n) is 3.39. The number of alkyl carbamates (subject to hydrolysis) is 1. The second-order valence-corrected chi connectivity index (χ2v) is 5.43. The smallest absolute Gasteiger partial charge is 0.407 e. The topological polar surface area (TPSA) is 89.5 Å². The van der Waals surface area contributed by atoms with Gasteiger partial charge in [0.2, 0.25) is 11.8 Å². The van der Waals surface area contributed by atoms with E-state index in [1.165, 1.54) is 0 Å². The maximum absolute atomic E-state index is 12.0. The Labute approximate surface area is 152 Å². The summed E-state index contributed by atoms with van der Waals surface area (Å²) in [5, 5.41) is 5.39. The van der Waals surface area contributed by atoms with Crippen LogP contribution < -0.4 is 15.4 Å². The molecule has 2 rings (SSSR count). The highest BCUT2D eigenvalue weighted by Gasteiger charge is 2.09. The van der Waals surface area contributed by atoms with E-state index in [4.69, 9.17) is 9.47 Å². The number of anilines is 1. The number of amides is 2. The molecule has 0 aliphatic heterocycles. The first-order valence-electron chi connectivity index (χ1n) is 8.51. The van der Waals surface area contributed by atoms with Gasteiger partial charge in [0.1, 0.15) is 12.3 Å². The SMILES string of the molecule is CCOc1ncccc1NC(=O)CCCNC(=O)OCc1ccccc1. The molecule has 0 unspecified atom stereocenters. The van der Waals surface area contributed by atoms with E-state index in [1.54, 1.807) is 18.3 Å². The molecule has 0 fully saturated rings. The third-order valence-corrected chi connectivity index (χ3v) is 3.39. The Morgan fingerprint density at radius 2 is 1.92 bits per heavy atom. The van der Waals surface area contributed by atoms with Crippen molar-refractivity contribution in [1.29, 1.82) is 0 Å². The molecule has 0 bridgehead atoms. The summed E-state index contributed by atoms with van der Waals surface area (Å²) in [5.74, 6) is 0.226. The van der Waals surface area contributed by atoms with Crippen LogP contribution in [0.2, 0.25) is 0 Å². The van der Waals surface area contributed by atoms with Gasteiger partial charge < -0.3 is 20.1 Å². The zero-order valence-corrected chi connectivity index (χ0v) is 14.7. The number of ether oxygens (including phenoxy) is 2. The first-order chi connectivity index (χ1) is 12.7. The van der Waals surface area contributed by atoms with E-state index in [9.17, 15) is 9.59 Å². The van der Waals surface area contributed by atoms with Gasteiger partial charge in [0.05, 0.1) is 6.61 Å². The molecule has 26 heavy (non-hydrogen) atoms. The molecule has 0 saturated heterocycles. The van der Waals surface area contributed by atoms with Crippen LogP contribution in [0, 0.1) is 0 Å². The minimum atomic E-state index is -0.500. The standard InChI is InChI=1S/C19H23N3O4/c1-2-25-18-16(10-6-12-20-18)22-17(23)11-7-13-21-19(24)26-14-15-8-4-3-5-9-15/h3-6,8-10,12H,2,7,11,13-14H2,1H3,(H,21,24)(H,22,23). The third kappa shape index (κ3) is 6.80. The van der Waals surface area contributed by atoms with Crippen molar-refractivity contribution in [3.8, 4) is 5.88 Å². The molecule has 2 N–H and O–H groups in total. The summed E-state index contributed by atoms with van der Waals surface area (Å²) in [6.45, 7) is 2.89. The number of nitrogens with zero attached hydrogens (tertiary/aromatic N) is 1. The van der Waals surface area contributed by atoms with Gasteiger partial charge in [0, 0.05) is 19.2 Å². The van der Waals surface area contributed by atoms with Crippen LogP contribution in [0.25, 0.3) is 0 Å². The first kappa shape index (κ1) is 19.2. The van der Waals surface area contributed by atoms with Crippen molar-refractivity contribution in [3.63, 3.8) is 0 Å². The molecule has 1 heterocycles. The first-order valence-corrected chi connectivity index (χ1v) is 8.51. The lowest BCUT2D eigenvalue weighted by Gasteiger charge is -2.10. The Kier molecular flexibility index (Phi) is 7.92. The molecule has 1 aromatic heterocycles. The number of carbonyl (C=O) groups excluding carboxylic acids is 2. The molecule has 0 saturated carbocycles. The van der Waals surface area contributed by atoms with Crippen LogP contribution in [0.5, 0.6) is 5.88 Å². The summed E-state index contributed by atoms with van der Waals surface area (Å²) >= 11 is 0. The highest BCUT2D eigenvalue weighted by molar-refractivity contribution is 5.91. The number of benzene rings is 1. The Morgan fingerprint density at radius 1 is 1.12 bits per heavy atom. The summed E-state index contributed by atoms with van der Waals surface area (Å²) in [6, 6.07) is 12.9. The van der Waals surface area contributed by atoms with E-state index in [1.807, 2.05) is 37.3 Å². The minimum Gasteiger partial charge on any atom is -0.476 e. The second-order valence-electron chi connectivity index (χ2n) is 5.43. The Bertz CT molecular complexity index is 707. The van der Waals surface area contributed by atoms with E-state index >= 15 is 0 Å². The lowest BCUT2D eigenvalue weighted by atomic mass is 10.2. The largest absolute Gasteiger partial charge is 0.476 e.